The molecular weight excluding hydrogens is 914 g/mol. The number of hydrogen-bond acceptors (Lipinski definition) is 5. The van der Waals surface area contributed by atoms with E-state index in [1.807, 2.05) is 0 Å². The van der Waals surface area contributed by atoms with Crippen LogP contribution in [0.5, 0.6) is 11.5 Å². The fourth-order valence-electron chi connectivity index (χ4n) is 11.7. The summed E-state index contributed by atoms with van der Waals surface area (Å²) in [7, 11) is 0. The van der Waals surface area contributed by atoms with Crippen LogP contribution in [-0.2, 0) is 10.8 Å². The van der Waals surface area contributed by atoms with Crippen molar-refractivity contribution in [1.29, 1.82) is 0 Å². The van der Waals surface area contributed by atoms with Crippen molar-refractivity contribution >= 4 is 101 Å². The minimum Gasteiger partial charge on any atom is -0.458 e. The molecule has 0 bridgehead atoms. The molecule has 0 fully saturated rings. The lowest BCUT2D eigenvalue weighted by atomic mass is 9.34. The van der Waals surface area contributed by atoms with Crippen LogP contribution in [0.1, 0.15) is 52.7 Å². The van der Waals surface area contributed by atoms with Gasteiger partial charge in [-0.05, 0) is 167 Å². The molecule has 1 aromatic heterocycles. The van der Waals surface area contributed by atoms with E-state index in [1.54, 1.807) is 4.80 Å². The third-order valence-corrected chi connectivity index (χ3v) is 15.6. The monoisotopic (exact) mass is 967 g/mol. The van der Waals surface area contributed by atoms with E-state index in [4.69, 9.17) is 14.9 Å². The SMILES string of the molecule is CC(C)(C)c1ccc(-n2nc3cc4c(cc3n2)N(c2ccccc2)c2cc(C(C)(C)C)cc3c2B4c2ccc(N(c4ccccc4)c4cccc(-c5ccc6c7ccccc7c7ccccc7c6c5)c4)cc2O3)cc1. The van der Waals surface area contributed by atoms with Crippen LogP contribution in [-0.4, -0.2) is 21.7 Å². The van der Waals surface area contributed by atoms with Gasteiger partial charge in [0.2, 0.25) is 0 Å². The van der Waals surface area contributed by atoms with E-state index in [2.05, 4.69) is 270 Å². The molecule has 0 saturated heterocycles. The summed E-state index contributed by atoms with van der Waals surface area (Å²) in [6, 6.07) is 79.4. The van der Waals surface area contributed by atoms with Gasteiger partial charge < -0.3 is 14.5 Å². The Balaban J connectivity index is 0.928. The second-order valence-corrected chi connectivity index (χ2v) is 22.3. The molecule has 3 heterocycles. The van der Waals surface area contributed by atoms with E-state index in [0.29, 0.717) is 0 Å². The maximum absolute atomic E-state index is 7.32. The van der Waals surface area contributed by atoms with Gasteiger partial charge in [0.15, 0.2) is 0 Å². The average molecular weight is 968 g/mol. The summed E-state index contributed by atoms with van der Waals surface area (Å²) in [5, 5.41) is 17.9. The Hall–Kier alpha value is -8.94. The van der Waals surface area contributed by atoms with Crippen molar-refractivity contribution < 1.29 is 4.74 Å². The van der Waals surface area contributed by atoms with Crippen LogP contribution >= 0.6 is 0 Å². The van der Waals surface area contributed by atoms with Crippen LogP contribution in [0.4, 0.5) is 34.1 Å². The number of aromatic nitrogens is 3. The third-order valence-electron chi connectivity index (χ3n) is 15.6. The van der Waals surface area contributed by atoms with E-state index >= 15 is 0 Å². The third kappa shape index (κ3) is 7.39. The highest BCUT2D eigenvalue weighted by atomic mass is 16.5. The Labute approximate surface area is 438 Å². The fraction of sp³-hybridized carbons (Fsp3) is 0.118. The Morgan fingerprint density at radius 1 is 0.400 bits per heavy atom. The van der Waals surface area contributed by atoms with Crippen LogP contribution in [0, 0.1) is 0 Å². The summed E-state index contributed by atoms with van der Waals surface area (Å²) in [6.45, 7) is 13.4. The molecule has 6 nitrogen and oxygen atoms in total. The standard InChI is InChI=1S/C68H54BN5O/c1-67(2,3)45-29-31-49(32-30-45)74-70-60-41-59-62(42-61(60)71-74)73(48-21-11-8-12-22-48)63-38-46(68(4,5)6)39-65-66(63)69(59)58-35-33-51(40-64(58)75-65)72(47-19-9-7-10-20-47)50-23-17-18-43(36-50)44-28-34-56-54-26-14-13-24-52(54)53-25-15-16-27-55(53)57(56)37-44/h7-42H,1-6H3. The maximum Gasteiger partial charge on any atom is 0.256 e. The van der Waals surface area contributed by atoms with E-state index in [9.17, 15) is 0 Å². The van der Waals surface area contributed by atoms with Crippen molar-refractivity contribution in [2.75, 3.05) is 9.80 Å². The van der Waals surface area contributed by atoms with Crippen molar-refractivity contribution in [2.45, 2.75) is 52.4 Å². The van der Waals surface area contributed by atoms with Crippen molar-refractivity contribution in [3.05, 3.63) is 230 Å². The Morgan fingerprint density at radius 2 is 0.987 bits per heavy atom. The average Bonchev–Trinajstić information content (AvgIpc) is 3.85. The lowest BCUT2D eigenvalue weighted by Crippen LogP contribution is -2.59. The summed E-state index contributed by atoms with van der Waals surface area (Å²) in [4.78, 5) is 6.54. The Bertz CT molecular complexity index is 4210. The Morgan fingerprint density at radius 3 is 1.67 bits per heavy atom. The number of ether oxygens (including phenoxy) is 1. The predicted molar refractivity (Wildman–Crippen MR) is 315 cm³/mol. The molecule has 11 aromatic carbocycles. The summed E-state index contributed by atoms with van der Waals surface area (Å²) >= 11 is 0. The van der Waals surface area contributed by atoms with E-state index < -0.39 is 0 Å². The molecule has 0 radical (unpaired) electrons. The van der Waals surface area contributed by atoms with Crippen LogP contribution < -0.4 is 30.9 Å². The lowest BCUT2D eigenvalue weighted by Gasteiger charge is -2.41. The lowest BCUT2D eigenvalue weighted by molar-refractivity contribution is 0.483. The quantitative estimate of drug-likeness (QED) is 0.123. The molecule has 2 aliphatic rings. The molecular formula is C68H54BN5O. The highest BCUT2D eigenvalue weighted by Crippen LogP contribution is 2.46. The predicted octanol–water partition coefficient (Wildman–Crippen LogP) is 16.0. The van der Waals surface area contributed by atoms with E-state index in [0.717, 1.165) is 84.3 Å². The number of benzene rings is 11. The largest absolute Gasteiger partial charge is 0.458 e. The van der Waals surface area contributed by atoms with E-state index in [-0.39, 0.29) is 17.5 Å². The highest BCUT2D eigenvalue weighted by Gasteiger charge is 2.43. The minimum absolute atomic E-state index is 0.0402. The van der Waals surface area contributed by atoms with Gasteiger partial charge in [-0.1, -0.05) is 169 Å². The second-order valence-electron chi connectivity index (χ2n) is 22.3. The normalized spacial score (nSPS) is 13.0. The van der Waals surface area contributed by atoms with Crippen LogP contribution in [0.2, 0.25) is 0 Å². The van der Waals surface area contributed by atoms with Gasteiger partial charge in [-0.3, -0.25) is 0 Å². The second kappa shape index (κ2) is 16.8. The van der Waals surface area contributed by atoms with Crippen molar-refractivity contribution in [1.82, 2.24) is 15.0 Å². The number of anilines is 6. The zero-order valence-electron chi connectivity index (χ0n) is 43.0. The van der Waals surface area contributed by atoms with Crippen LogP contribution in [0.3, 0.4) is 0 Å². The number of nitrogens with zero attached hydrogens (tertiary/aromatic N) is 5. The van der Waals surface area contributed by atoms with Gasteiger partial charge in [0.05, 0.1) is 5.69 Å². The van der Waals surface area contributed by atoms with Gasteiger partial charge in [0.25, 0.3) is 6.71 Å². The first-order valence-corrected chi connectivity index (χ1v) is 26.1. The zero-order valence-corrected chi connectivity index (χ0v) is 43.0. The summed E-state index contributed by atoms with van der Waals surface area (Å²) in [5.41, 5.74) is 17.0. The zero-order chi connectivity index (χ0) is 50.7. The molecule has 360 valence electrons. The van der Waals surface area contributed by atoms with Gasteiger partial charge >= 0.3 is 0 Å². The van der Waals surface area contributed by atoms with Gasteiger partial charge in [0, 0.05) is 40.2 Å². The fourth-order valence-corrected chi connectivity index (χ4v) is 11.7. The molecule has 0 unspecified atom stereocenters. The molecule has 75 heavy (non-hydrogen) atoms. The van der Waals surface area contributed by atoms with Crippen molar-refractivity contribution in [3.8, 4) is 28.3 Å². The van der Waals surface area contributed by atoms with Crippen molar-refractivity contribution in [3.63, 3.8) is 0 Å². The molecule has 2 aliphatic heterocycles. The number of hydrogen-bond donors (Lipinski definition) is 0. The Kier molecular flexibility index (Phi) is 10.0. The smallest absolute Gasteiger partial charge is 0.256 e. The summed E-state index contributed by atoms with van der Waals surface area (Å²) < 4.78 is 7.32. The first kappa shape index (κ1) is 44.7. The molecule has 12 aromatic rings. The maximum atomic E-state index is 7.32. The molecule has 0 spiro atoms. The number of para-hydroxylation sites is 2. The first-order valence-electron chi connectivity index (χ1n) is 26.1. The first-order chi connectivity index (χ1) is 36.4. The minimum atomic E-state index is -0.161. The van der Waals surface area contributed by atoms with Gasteiger partial charge in [-0.25, -0.2) is 0 Å². The number of fused-ring (bicyclic) bond motifs is 11. The van der Waals surface area contributed by atoms with Crippen LogP contribution in [0.25, 0.3) is 60.2 Å². The summed E-state index contributed by atoms with van der Waals surface area (Å²) in [6.07, 6.45) is 0. The topological polar surface area (TPSA) is 46.4 Å². The summed E-state index contributed by atoms with van der Waals surface area (Å²) in [5.74, 6) is 1.70. The van der Waals surface area contributed by atoms with Crippen molar-refractivity contribution in [2.24, 2.45) is 0 Å². The van der Waals surface area contributed by atoms with Gasteiger partial charge in [0.1, 0.15) is 22.5 Å². The molecule has 0 aliphatic carbocycles. The molecule has 0 saturated carbocycles. The number of rotatable bonds is 6. The van der Waals surface area contributed by atoms with Crippen LogP contribution in [0.15, 0.2) is 218 Å². The highest BCUT2D eigenvalue weighted by molar-refractivity contribution is 6.99. The molecule has 0 atom stereocenters. The molecule has 7 heteroatoms. The molecule has 14 rings (SSSR count). The van der Waals surface area contributed by atoms with Gasteiger partial charge in [-0.2, -0.15) is 4.80 Å². The van der Waals surface area contributed by atoms with Gasteiger partial charge in [-0.15, -0.1) is 10.2 Å². The molecule has 0 amide bonds. The molecule has 0 N–H and O–H groups in total. The van der Waals surface area contributed by atoms with E-state index in [1.165, 1.54) is 49.0 Å².